The van der Waals surface area contributed by atoms with E-state index >= 15 is 0 Å². The fourth-order valence-corrected chi connectivity index (χ4v) is 3.86. The van der Waals surface area contributed by atoms with E-state index in [-0.39, 0.29) is 5.56 Å². The zero-order chi connectivity index (χ0) is 20.4. The van der Waals surface area contributed by atoms with Crippen molar-refractivity contribution in [1.82, 2.24) is 19.9 Å². The number of hydrogen-bond donors (Lipinski definition) is 2. The van der Waals surface area contributed by atoms with E-state index in [0.717, 1.165) is 54.7 Å². The maximum absolute atomic E-state index is 11.9. The second-order valence-electron chi connectivity index (χ2n) is 7.39. The molecule has 0 radical (unpaired) electrons. The molecule has 7 heteroatoms. The van der Waals surface area contributed by atoms with Gasteiger partial charge in [-0.3, -0.25) is 9.69 Å². The molecule has 2 aromatic heterocycles. The predicted octanol–water partition coefficient (Wildman–Crippen LogP) is 3.57. The summed E-state index contributed by atoms with van der Waals surface area (Å²) < 4.78 is 0. The first-order valence-corrected chi connectivity index (χ1v) is 10.2. The number of fused-ring (bicyclic) bond motifs is 1. The lowest BCUT2D eigenvalue weighted by Crippen LogP contribution is -2.34. The van der Waals surface area contributed by atoms with E-state index in [2.05, 4.69) is 31.2 Å². The van der Waals surface area contributed by atoms with Crippen LogP contribution < -0.4 is 10.9 Å². The molecular weight excluding hydrogens is 386 g/mol. The average molecular weight is 410 g/mol. The number of halogens is 1. The van der Waals surface area contributed by atoms with Crippen LogP contribution in [0.2, 0.25) is 5.02 Å². The van der Waals surface area contributed by atoms with E-state index in [0.29, 0.717) is 11.4 Å². The lowest BCUT2D eigenvalue weighted by Gasteiger charge is -2.29. The third kappa shape index (κ3) is 4.33. The molecule has 2 N–H and O–H groups in total. The first-order chi connectivity index (χ1) is 14.0. The minimum absolute atomic E-state index is 0.112. The van der Waals surface area contributed by atoms with Gasteiger partial charge in [-0.05, 0) is 49.6 Å². The predicted molar refractivity (Wildman–Crippen MR) is 116 cm³/mol. The van der Waals surface area contributed by atoms with Crippen LogP contribution in [0.25, 0.3) is 11.4 Å². The van der Waals surface area contributed by atoms with Crippen LogP contribution in [0.4, 0.5) is 5.82 Å². The molecule has 0 unspecified atom stereocenters. The number of anilines is 1. The SMILES string of the molecule is Cc1nc(-c2ccc(NCCN3CCc4c(Cl)cccc4C3)nc2)[nH]c(=O)c1C. The van der Waals surface area contributed by atoms with Crippen molar-refractivity contribution in [2.75, 3.05) is 25.0 Å². The van der Waals surface area contributed by atoms with Crippen molar-refractivity contribution in [2.24, 2.45) is 0 Å². The molecule has 3 heterocycles. The molecule has 0 saturated heterocycles. The number of aromatic amines is 1. The molecule has 0 aliphatic carbocycles. The summed E-state index contributed by atoms with van der Waals surface area (Å²) in [6.07, 6.45) is 2.72. The van der Waals surface area contributed by atoms with Crippen LogP contribution in [-0.2, 0) is 13.0 Å². The summed E-state index contributed by atoms with van der Waals surface area (Å²) >= 11 is 6.29. The lowest BCUT2D eigenvalue weighted by atomic mass is 10.00. The first kappa shape index (κ1) is 19.6. The summed E-state index contributed by atoms with van der Waals surface area (Å²) in [4.78, 5) is 26.1. The molecule has 0 saturated carbocycles. The summed E-state index contributed by atoms with van der Waals surface area (Å²) in [7, 11) is 0. The molecule has 1 aliphatic heterocycles. The van der Waals surface area contributed by atoms with Crippen LogP contribution >= 0.6 is 11.6 Å². The van der Waals surface area contributed by atoms with Gasteiger partial charge >= 0.3 is 0 Å². The Morgan fingerprint density at radius 2 is 2.10 bits per heavy atom. The van der Waals surface area contributed by atoms with Crippen molar-refractivity contribution in [3.05, 3.63) is 74.3 Å². The number of aryl methyl sites for hydroxylation is 1. The van der Waals surface area contributed by atoms with Crippen LogP contribution in [0, 0.1) is 13.8 Å². The van der Waals surface area contributed by atoms with Gasteiger partial charge in [0.1, 0.15) is 11.6 Å². The monoisotopic (exact) mass is 409 g/mol. The van der Waals surface area contributed by atoms with Gasteiger partial charge in [-0.15, -0.1) is 0 Å². The highest BCUT2D eigenvalue weighted by Crippen LogP contribution is 2.25. The smallest absolute Gasteiger partial charge is 0.254 e. The van der Waals surface area contributed by atoms with Gasteiger partial charge in [-0.2, -0.15) is 0 Å². The van der Waals surface area contributed by atoms with Gasteiger partial charge in [0.05, 0.1) is 0 Å². The van der Waals surface area contributed by atoms with Crippen molar-refractivity contribution in [3.63, 3.8) is 0 Å². The maximum Gasteiger partial charge on any atom is 0.254 e. The molecule has 4 rings (SSSR count). The van der Waals surface area contributed by atoms with E-state index < -0.39 is 0 Å². The van der Waals surface area contributed by atoms with Crippen molar-refractivity contribution in [1.29, 1.82) is 0 Å². The van der Waals surface area contributed by atoms with Crippen molar-refractivity contribution >= 4 is 17.4 Å². The molecule has 29 heavy (non-hydrogen) atoms. The number of nitrogens with zero attached hydrogens (tertiary/aromatic N) is 3. The molecule has 0 atom stereocenters. The van der Waals surface area contributed by atoms with Gasteiger partial charge in [0, 0.05) is 54.2 Å². The van der Waals surface area contributed by atoms with Crippen LogP contribution in [0.1, 0.15) is 22.4 Å². The highest BCUT2D eigenvalue weighted by molar-refractivity contribution is 6.31. The average Bonchev–Trinajstić information content (AvgIpc) is 2.72. The molecule has 3 aromatic rings. The van der Waals surface area contributed by atoms with E-state index in [4.69, 9.17) is 11.6 Å². The third-order valence-electron chi connectivity index (χ3n) is 5.45. The molecule has 0 bridgehead atoms. The molecule has 0 amide bonds. The third-order valence-corrected chi connectivity index (χ3v) is 5.81. The standard InChI is InChI=1S/C22H24ClN5O/c1-14-15(2)26-21(27-22(14)29)16-6-7-20(25-12-16)24-9-11-28-10-8-18-17(13-28)4-3-5-19(18)23/h3-7,12H,8-11,13H2,1-2H3,(H,24,25)(H,26,27,29). The van der Waals surface area contributed by atoms with Crippen molar-refractivity contribution < 1.29 is 0 Å². The highest BCUT2D eigenvalue weighted by atomic mass is 35.5. The van der Waals surface area contributed by atoms with Crippen LogP contribution in [0.15, 0.2) is 41.3 Å². The zero-order valence-corrected chi connectivity index (χ0v) is 17.4. The fraction of sp³-hybridized carbons (Fsp3) is 0.318. The Labute approximate surface area is 175 Å². The van der Waals surface area contributed by atoms with Crippen LogP contribution in [0.5, 0.6) is 0 Å². The molecule has 6 nitrogen and oxygen atoms in total. The summed E-state index contributed by atoms with van der Waals surface area (Å²) in [5.74, 6) is 1.35. The Hall–Kier alpha value is -2.70. The largest absolute Gasteiger partial charge is 0.369 e. The molecular formula is C22H24ClN5O. The minimum Gasteiger partial charge on any atom is -0.369 e. The van der Waals surface area contributed by atoms with Crippen LogP contribution in [-0.4, -0.2) is 39.5 Å². The van der Waals surface area contributed by atoms with Crippen molar-refractivity contribution in [3.8, 4) is 11.4 Å². The summed E-state index contributed by atoms with van der Waals surface area (Å²) in [5.41, 5.74) is 4.66. The number of rotatable bonds is 5. The normalized spacial score (nSPS) is 13.9. The highest BCUT2D eigenvalue weighted by Gasteiger charge is 2.17. The first-order valence-electron chi connectivity index (χ1n) is 9.77. The Morgan fingerprint density at radius 3 is 2.86 bits per heavy atom. The van der Waals surface area contributed by atoms with Gasteiger partial charge in [0.2, 0.25) is 0 Å². The number of nitrogens with one attached hydrogen (secondary N) is 2. The van der Waals surface area contributed by atoms with E-state index in [1.807, 2.05) is 31.2 Å². The van der Waals surface area contributed by atoms with Crippen molar-refractivity contribution in [2.45, 2.75) is 26.8 Å². The second-order valence-corrected chi connectivity index (χ2v) is 7.79. The van der Waals surface area contributed by atoms with E-state index in [9.17, 15) is 4.79 Å². The molecule has 0 fully saturated rings. The van der Waals surface area contributed by atoms with Gasteiger partial charge in [0.25, 0.3) is 5.56 Å². The summed E-state index contributed by atoms with van der Waals surface area (Å²) in [5, 5.41) is 4.25. The van der Waals surface area contributed by atoms with Crippen LogP contribution in [0.3, 0.4) is 0 Å². The molecule has 150 valence electrons. The Balaban J connectivity index is 1.34. The number of H-pyrrole nitrogens is 1. The fourth-order valence-electron chi connectivity index (χ4n) is 3.57. The minimum atomic E-state index is -0.112. The number of pyridine rings is 1. The van der Waals surface area contributed by atoms with E-state index in [1.54, 1.807) is 13.1 Å². The molecule has 1 aliphatic rings. The van der Waals surface area contributed by atoms with E-state index in [1.165, 1.54) is 11.1 Å². The lowest BCUT2D eigenvalue weighted by molar-refractivity contribution is 0.264. The quantitative estimate of drug-likeness (QED) is 0.673. The van der Waals surface area contributed by atoms with Gasteiger partial charge < -0.3 is 10.3 Å². The number of aromatic nitrogens is 3. The number of benzene rings is 1. The second kappa shape index (κ2) is 8.35. The summed E-state index contributed by atoms with van der Waals surface area (Å²) in [6.45, 7) is 7.28. The zero-order valence-electron chi connectivity index (χ0n) is 16.6. The molecule has 1 aromatic carbocycles. The van der Waals surface area contributed by atoms with Gasteiger partial charge in [-0.1, -0.05) is 23.7 Å². The maximum atomic E-state index is 11.9. The summed E-state index contributed by atoms with van der Waals surface area (Å²) in [6, 6.07) is 9.98. The Kier molecular flexibility index (Phi) is 5.65. The van der Waals surface area contributed by atoms with Gasteiger partial charge in [0.15, 0.2) is 0 Å². The topological polar surface area (TPSA) is 73.9 Å². The Morgan fingerprint density at radius 1 is 1.24 bits per heavy atom. The van der Waals surface area contributed by atoms with Gasteiger partial charge in [-0.25, -0.2) is 9.97 Å². The number of hydrogen-bond acceptors (Lipinski definition) is 5. The Bertz CT molecular complexity index is 1080. The molecule has 0 spiro atoms.